The van der Waals surface area contributed by atoms with E-state index in [4.69, 9.17) is 0 Å². The number of nitrogens with zero attached hydrogens (tertiary/aromatic N) is 5. The standard InChI is InChI=1S/C19H34N6/c1-15(2)18(24-8-5-6-9-24)12-21-19(20-3)25-10-7-16(14-25)17-11-22-23(4)13-17/h11,13,15-16,18H,5-10,12,14H2,1-4H3,(H,20,21). The molecule has 0 amide bonds. The zero-order chi connectivity index (χ0) is 17.8. The molecule has 2 unspecified atom stereocenters. The smallest absolute Gasteiger partial charge is 0.193 e. The lowest BCUT2D eigenvalue weighted by Crippen LogP contribution is -2.49. The summed E-state index contributed by atoms with van der Waals surface area (Å²) >= 11 is 0. The zero-order valence-corrected chi connectivity index (χ0v) is 16.3. The van der Waals surface area contributed by atoms with Crippen molar-refractivity contribution in [3.8, 4) is 0 Å². The molecule has 140 valence electrons. The molecule has 0 saturated carbocycles. The molecule has 2 saturated heterocycles. The normalized spacial score (nSPS) is 23.6. The summed E-state index contributed by atoms with van der Waals surface area (Å²) < 4.78 is 1.90. The molecule has 6 heteroatoms. The van der Waals surface area contributed by atoms with Gasteiger partial charge in [-0.25, -0.2) is 0 Å². The Morgan fingerprint density at radius 2 is 2.08 bits per heavy atom. The minimum Gasteiger partial charge on any atom is -0.355 e. The van der Waals surface area contributed by atoms with Crippen molar-refractivity contribution in [3.63, 3.8) is 0 Å². The molecule has 0 aliphatic carbocycles. The first-order valence-corrected chi connectivity index (χ1v) is 9.76. The van der Waals surface area contributed by atoms with Gasteiger partial charge in [0.15, 0.2) is 5.96 Å². The van der Waals surface area contributed by atoms with Crippen molar-refractivity contribution < 1.29 is 0 Å². The molecular weight excluding hydrogens is 312 g/mol. The topological polar surface area (TPSA) is 48.7 Å². The average Bonchev–Trinajstić information content (AvgIpc) is 3.32. The summed E-state index contributed by atoms with van der Waals surface area (Å²) in [5.41, 5.74) is 1.34. The van der Waals surface area contributed by atoms with Gasteiger partial charge in [0, 0.05) is 51.9 Å². The second kappa shape index (κ2) is 8.21. The third-order valence-electron chi connectivity index (χ3n) is 5.74. The van der Waals surface area contributed by atoms with Gasteiger partial charge in [-0.15, -0.1) is 0 Å². The van der Waals surface area contributed by atoms with Crippen LogP contribution in [-0.4, -0.2) is 71.4 Å². The molecule has 2 aliphatic rings. The number of guanidine groups is 1. The van der Waals surface area contributed by atoms with Crippen LogP contribution in [0.5, 0.6) is 0 Å². The van der Waals surface area contributed by atoms with E-state index in [1.165, 1.54) is 37.9 Å². The summed E-state index contributed by atoms with van der Waals surface area (Å²) in [5, 5.41) is 7.98. The van der Waals surface area contributed by atoms with E-state index in [1.807, 2.05) is 25.0 Å². The molecule has 0 radical (unpaired) electrons. The van der Waals surface area contributed by atoms with Crippen LogP contribution in [0, 0.1) is 5.92 Å². The van der Waals surface area contributed by atoms with E-state index < -0.39 is 0 Å². The molecule has 0 aromatic carbocycles. The second-order valence-corrected chi connectivity index (χ2v) is 7.86. The Kier molecular flexibility index (Phi) is 5.99. The number of hydrogen-bond acceptors (Lipinski definition) is 3. The lowest BCUT2D eigenvalue weighted by atomic mass is 10.0. The van der Waals surface area contributed by atoms with Gasteiger partial charge in [0.25, 0.3) is 0 Å². The molecule has 3 heterocycles. The molecule has 1 aromatic rings. The van der Waals surface area contributed by atoms with Gasteiger partial charge < -0.3 is 10.2 Å². The highest BCUT2D eigenvalue weighted by molar-refractivity contribution is 5.80. The highest BCUT2D eigenvalue weighted by atomic mass is 15.3. The van der Waals surface area contributed by atoms with Crippen LogP contribution >= 0.6 is 0 Å². The van der Waals surface area contributed by atoms with Crippen LogP contribution in [0.1, 0.15) is 44.6 Å². The summed E-state index contributed by atoms with van der Waals surface area (Å²) in [5.74, 6) is 2.27. The second-order valence-electron chi connectivity index (χ2n) is 7.86. The molecule has 0 bridgehead atoms. The van der Waals surface area contributed by atoms with Gasteiger partial charge in [0.1, 0.15) is 0 Å². The van der Waals surface area contributed by atoms with Gasteiger partial charge in [-0.3, -0.25) is 14.6 Å². The van der Waals surface area contributed by atoms with Crippen LogP contribution in [0.2, 0.25) is 0 Å². The highest BCUT2D eigenvalue weighted by Crippen LogP contribution is 2.26. The van der Waals surface area contributed by atoms with Crippen molar-refractivity contribution >= 4 is 5.96 Å². The SMILES string of the molecule is CN=C(NCC(C(C)C)N1CCCC1)N1CCC(c2cnn(C)c2)C1. The largest absolute Gasteiger partial charge is 0.355 e. The molecule has 0 spiro atoms. The number of aromatic nitrogens is 2. The Morgan fingerprint density at radius 1 is 1.32 bits per heavy atom. The van der Waals surface area contributed by atoms with Gasteiger partial charge in [0.05, 0.1) is 6.20 Å². The number of aryl methyl sites for hydroxylation is 1. The maximum absolute atomic E-state index is 4.55. The summed E-state index contributed by atoms with van der Waals surface area (Å²) in [4.78, 5) is 9.60. The predicted octanol–water partition coefficient (Wildman–Crippen LogP) is 1.91. The minimum atomic E-state index is 0.562. The van der Waals surface area contributed by atoms with Crippen LogP contribution in [0.15, 0.2) is 17.4 Å². The summed E-state index contributed by atoms with van der Waals surface area (Å²) in [6.45, 7) is 10.2. The Balaban J connectivity index is 1.55. The van der Waals surface area contributed by atoms with Crippen molar-refractivity contribution in [1.29, 1.82) is 0 Å². The molecular formula is C19H34N6. The first kappa shape index (κ1) is 18.2. The molecule has 2 atom stereocenters. The lowest BCUT2D eigenvalue weighted by Gasteiger charge is -2.32. The van der Waals surface area contributed by atoms with Crippen molar-refractivity contribution in [3.05, 3.63) is 18.0 Å². The van der Waals surface area contributed by atoms with Crippen LogP contribution in [0.25, 0.3) is 0 Å². The number of aliphatic imine (C=N–C) groups is 1. The number of likely N-dealkylation sites (tertiary alicyclic amines) is 2. The van der Waals surface area contributed by atoms with Crippen LogP contribution in [0.3, 0.4) is 0 Å². The van der Waals surface area contributed by atoms with Crippen molar-refractivity contribution in [1.82, 2.24) is 24.9 Å². The summed E-state index contributed by atoms with van der Waals surface area (Å²) in [7, 11) is 3.89. The summed E-state index contributed by atoms with van der Waals surface area (Å²) in [6, 6.07) is 0.593. The van der Waals surface area contributed by atoms with Gasteiger partial charge >= 0.3 is 0 Å². The third-order valence-corrected chi connectivity index (χ3v) is 5.74. The van der Waals surface area contributed by atoms with E-state index in [0.29, 0.717) is 17.9 Å². The fourth-order valence-corrected chi connectivity index (χ4v) is 4.26. The van der Waals surface area contributed by atoms with Gasteiger partial charge in [-0.2, -0.15) is 5.10 Å². The number of hydrogen-bond donors (Lipinski definition) is 1. The van der Waals surface area contributed by atoms with Gasteiger partial charge in [-0.1, -0.05) is 13.8 Å². The summed E-state index contributed by atoms with van der Waals surface area (Å²) in [6.07, 6.45) is 8.01. The van der Waals surface area contributed by atoms with E-state index in [2.05, 4.69) is 45.3 Å². The Bertz CT molecular complexity index is 572. The average molecular weight is 347 g/mol. The fourth-order valence-electron chi connectivity index (χ4n) is 4.26. The predicted molar refractivity (Wildman–Crippen MR) is 103 cm³/mol. The molecule has 1 aromatic heterocycles. The molecule has 25 heavy (non-hydrogen) atoms. The highest BCUT2D eigenvalue weighted by Gasteiger charge is 2.29. The van der Waals surface area contributed by atoms with Crippen molar-refractivity contribution in [2.45, 2.75) is 45.1 Å². The Labute approximate surface area is 152 Å². The lowest BCUT2D eigenvalue weighted by molar-refractivity contribution is 0.191. The van der Waals surface area contributed by atoms with Crippen molar-refractivity contribution in [2.75, 3.05) is 39.8 Å². The fraction of sp³-hybridized carbons (Fsp3) is 0.789. The number of rotatable bonds is 5. The van der Waals surface area contributed by atoms with Gasteiger partial charge in [0.2, 0.25) is 0 Å². The van der Waals surface area contributed by atoms with Crippen LogP contribution in [-0.2, 0) is 7.05 Å². The van der Waals surface area contributed by atoms with E-state index in [0.717, 1.165) is 25.6 Å². The van der Waals surface area contributed by atoms with E-state index >= 15 is 0 Å². The molecule has 6 nitrogen and oxygen atoms in total. The zero-order valence-electron chi connectivity index (χ0n) is 16.3. The third kappa shape index (κ3) is 4.35. The van der Waals surface area contributed by atoms with Crippen LogP contribution < -0.4 is 5.32 Å². The maximum atomic E-state index is 4.55. The van der Waals surface area contributed by atoms with E-state index in [1.54, 1.807) is 0 Å². The van der Waals surface area contributed by atoms with Gasteiger partial charge in [-0.05, 0) is 43.8 Å². The van der Waals surface area contributed by atoms with Crippen molar-refractivity contribution in [2.24, 2.45) is 18.0 Å². The molecule has 2 fully saturated rings. The first-order valence-electron chi connectivity index (χ1n) is 9.76. The first-order chi connectivity index (χ1) is 12.1. The monoisotopic (exact) mass is 346 g/mol. The van der Waals surface area contributed by atoms with E-state index in [-0.39, 0.29) is 0 Å². The molecule has 1 N–H and O–H groups in total. The Morgan fingerprint density at radius 3 is 2.68 bits per heavy atom. The molecule has 2 aliphatic heterocycles. The van der Waals surface area contributed by atoms with Crippen LogP contribution in [0.4, 0.5) is 0 Å². The molecule has 3 rings (SSSR count). The van der Waals surface area contributed by atoms with E-state index in [9.17, 15) is 0 Å². The number of nitrogens with one attached hydrogen (secondary N) is 1. The quantitative estimate of drug-likeness (QED) is 0.653. The maximum Gasteiger partial charge on any atom is 0.193 e. The minimum absolute atomic E-state index is 0.562. The Hall–Kier alpha value is -1.56.